The van der Waals surface area contributed by atoms with E-state index in [2.05, 4.69) is 5.32 Å². The maximum absolute atomic E-state index is 13.8. The number of aryl methyl sites for hydroxylation is 2. The van der Waals surface area contributed by atoms with E-state index in [1.54, 1.807) is 4.90 Å². The van der Waals surface area contributed by atoms with Crippen LogP contribution in [0.1, 0.15) is 54.4 Å². The smallest absolute Gasteiger partial charge is 0.243 e. The Hall–Kier alpha value is -3.11. The molecule has 0 radical (unpaired) electrons. The van der Waals surface area contributed by atoms with Crippen LogP contribution in [0, 0.1) is 6.92 Å². The second-order valence-corrected chi connectivity index (χ2v) is 10.1. The largest absolute Gasteiger partial charge is 0.352 e. The van der Waals surface area contributed by atoms with Crippen molar-refractivity contribution in [3.8, 4) is 0 Å². The molecule has 0 aromatic heterocycles. The molecule has 1 aliphatic rings. The maximum Gasteiger partial charge on any atom is 0.243 e. The molecule has 1 aliphatic carbocycles. The SMILES string of the molecule is Cc1ccccc1CN(C(=O)CCc1ccccc1Cl)[C@H](Cc1ccccc1)C(=O)NC1CCCC1. The van der Waals surface area contributed by atoms with Gasteiger partial charge in [0, 0.05) is 30.5 Å². The first-order valence-corrected chi connectivity index (χ1v) is 13.3. The van der Waals surface area contributed by atoms with Gasteiger partial charge in [-0.15, -0.1) is 0 Å². The van der Waals surface area contributed by atoms with E-state index in [0.29, 0.717) is 24.4 Å². The summed E-state index contributed by atoms with van der Waals surface area (Å²) in [4.78, 5) is 29.3. The molecular weight excluding hydrogens is 468 g/mol. The minimum atomic E-state index is -0.591. The predicted octanol–water partition coefficient (Wildman–Crippen LogP) is 6.28. The Balaban J connectivity index is 1.63. The molecule has 1 saturated carbocycles. The highest BCUT2D eigenvalue weighted by Crippen LogP contribution is 2.22. The van der Waals surface area contributed by atoms with Gasteiger partial charge in [-0.25, -0.2) is 0 Å². The van der Waals surface area contributed by atoms with Crippen LogP contribution >= 0.6 is 11.6 Å². The molecule has 0 aliphatic heterocycles. The fraction of sp³-hybridized carbons (Fsp3) is 0.355. The summed E-state index contributed by atoms with van der Waals surface area (Å²) in [7, 11) is 0. The second-order valence-electron chi connectivity index (χ2n) is 9.74. The van der Waals surface area contributed by atoms with Crippen molar-refractivity contribution in [3.05, 3.63) is 106 Å². The molecule has 0 spiro atoms. The van der Waals surface area contributed by atoms with Crippen LogP contribution in [-0.4, -0.2) is 28.8 Å². The molecular formula is C31H35ClN2O2. The molecule has 1 N–H and O–H groups in total. The third-order valence-electron chi connectivity index (χ3n) is 7.14. The van der Waals surface area contributed by atoms with Crippen LogP contribution in [0.15, 0.2) is 78.9 Å². The van der Waals surface area contributed by atoms with E-state index in [0.717, 1.165) is 47.9 Å². The monoisotopic (exact) mass is 502 g/mol. The summed E-state index contributed by atoms with van der Waals surface area (Å²) in [5.74, 6) is -0.105. The van der Waals surface area contributed by atoms with Crippen LogP contribution in [0.4, 0.5) is 0 Å². The molecule has 1 atom stereocenters. The maximum atomic E-state index is 13.8. The van der Waals surface area contributed by atoms with Crippen molar-refractivity contribution in [3.63, 3.8) is 0 Å². The first-order valence-electron chi connectivity index (χ1n) is 12.9. The van der Waals surface area contributed by atoms with Crippen molar-refractivity contribution in [2.45, 2.75) is 70.5 Å². The van der Waals surface area contributed by atoms with E-state index in [1.807, 2.05) is 85.8 Å². The quantitative estimate of drug-likeness (QED) is 0.354. The highest BCUT2D eigenvalue weighted by atomic mass is 35.5. The van der Waals surface area contributed by atoms with Crippen molar-refractivity contribution in [2.75, 3.05) is 0 Å². The van der Waals surface area contributed by atoms with Gasteiger partial charge in [-0.2, -0.15) is 0 Å². The summed E-state index contributed by atoms with van der Waals surface area (Å²) < 4.78 is 0. The molecule has 0 bridgehead atoms. The van der Waals surface area contributed by atoms with Crippen LogP contribution in [0.3, 0.4) is 0 Å². The highest BCUT2D eigenvalue weighted by molar-refractivity contribution is 6.31. The Morgan fingerprint density at radius 2 is 1.56 bits per heavy atom. The lowest BCUT2D eigenvalue weighted by atomic mass is 10.00. The minimum absolute atomic E-state index is 0.0410. The summed E-state index contributed by atoms with van der Waals surface area (Å²) in [6, 6.07) is 25.3. The molecule has 2 amide bonds. The molecule has 0 unspecified atom stereocenters. The van der Waals surface area contributed by atoms with E-state index >= 15 is 0 Å². The zero-order valence-corrected chi connectivity index (χ0v) is 21.7. The lowest BCUT2D eigenvalue weighted by Crippen LogP contribution is -2.52. The van der Waals surface area contributed by atoms with Gasteiger partial charge < -0.3 is 10.2 Å². The Morgan fingerprint density at radius 3 is 2.25 bits per heavy atom. The number of carbonyl (C=O) groups is 2. The Morgan fingerprint density at radius 1 is 0.917 bits per heavy atom. The van der Waals surface area contributed by atoms with Gasteiger partial charge in [0.05, 0.1) is 0 Å². The molecule has 36 heavy (non-hydrogen) atoms. The number of nitrogens with zero attached hydrogens (tertiary/aromatic N) is 1. The van der Waals surface area contributed by atoms with Gasteiger partial charge in [0.2, 0.25) is 11.8 Å². The molecule has 5 heteroatoms. The zero-order valence-electron chi connectivity index (χ0n) is 21.0. The topological polar surface area (TPSA) is 49.4 Å². The van der Waals surface area contributed by atoms with E-state index in [9.17, 15) is 9.59 Å². The fourth-order valence-electron chi connectivity index (χ4n) is 4.98. The third-order valence-corrected chi connectivity index (χ3v) is 7.51. The first kappa shape index (κ1) is 26.0. The number of halogens is 1. The average molecular weight is 503 g/mol. The summed E-state index contributed by atoms with van der Waals surface area (Å²) in [5.41, 5.74) is 4.14. The van der Waals surface area contributed by atoms with E-state index < -0.39 is 6.04 Å². The molecule has 4 nitrogen and oxygen atoms in total. The lowest BCUT2D eigenvalue weighted by Gasteiger charge is -2.33. The number of hydrogen-bond acceptors (Lipinski definition) is 2. The number of benzene rings is 3. The normalized spacial score (nSPS) is 14.4. The number of rotatable bonds is 10. The number of carbonyl (C=O) groups excluding carboxylic acids is 2. The van der Waals surface area contributed by atoms with E-state index in [1.165, 1.54) is 0 Å². The van der Waals surface area contributed by atoms with Gasteiger partial charge >= 0.3 is 0 Å². The van der Waals surface area contributed by atoms with Gasteiger partial charge in [-0.05, 0) is 54.5 Å². The molecule has 1 fully saturated rings. The molecule has 3 aromatic carbocycles. The number of amides is 2. The van der Waals surface area contributed by atoms with Gasteiger partial charge in [-0.1, -0.05) is 97.2 Å². The Kier molecular flexibility index (Phi) is 9.18. The zero-order chi connectivity index (χ0) is 25.3. The van der Waals surface area contributed by atoms with Crippen LogP contribution in [0.2, 0.25) is 5.02 Å². The summed E-state index contributed by atoms with van der Waals surface area (Å²) in [6.07, 6.45) is 5.58. The molecule has 4 rings (SSSR count). The van der Waals surface area contributed by atoms with Gasteiger partial charge in [0.1, 0.15) is 6.04 Å². The highest BCUT2D eigenvalue weighted by Gasteiger charge is 2.32. The average Bonchev–Trinajstić information content (AvgIpc) is 3.40. The molecule has 188 valence electrons. The lowest BCUT2D eigenvalue weighted by molar-refractivity contribution is -0.141. The summed E-state index contributed by atoms with van der Waals surface area (Å²) in [6.45, 7) is 2.44. The standard InChI is InChI=1S/C31H35ClN2O2/c1-23-11-5-6-15-26(23)22-34(30(35)20-19-25-14-7-10-18-28(25)32)29(21-24-12-3-2-4-13-24)31(36)33-27-16-8-9-17-27/h2-7,10-15,18,27,29H,8-9,16-17,19-22H2,1H3,(H,33,36)/t29-/m1/s1. The summed E-state index contributed by atoms with van der Waals surface area (Å²) in [5, 5.41) is 3.93. The van der Waals surface area contributed by atoms with Crippen molar-refractivity contribution in [1.29, 1.82) is 0 Å². The Bertz CT molecular complexity index is 1160. The fourth-order valence-corrected chi connectivity index (χ4v) is 5.21. The second kappa shape index (κ2) is 12.7. The predicted molar refractivity (Wildman–Crippen MR) is 146 cm³/mol. The van der Waals surface area contributed by atoms with Crippen molar-refractivity contribution >= 4 is 23.4 Å². The molecule has 3 aromatic rings. The first-order chi connectivity index (χ1) is 17.5. The van der Waals surface area contributed by atoms with E-state index in [4.69, 9.17) is 11.6 Å². The molecule has 0 saturated heterocycles. The van der Waals surface area contributed by atoms with Crippen LogP contribution in [0.25, 0.3) is 0 Å². The van der Waals surface area contributed by atoms with Crippen molar-refractivity contribution in [2.24, 2.45) is 0 Å². The molecule has 0 heterocycles. The number of hydrogen-bond donors (Lipinski definition) is 1. The van der Waals surface area contributed by atoms with Gasteiger partial charge in [0.25, 0.3) is 0 Å². The Labute approximate surface area is 219 Å². The van der Waals surface area contributed by atoms with Gasteiger partial charge in [-0.3, -0.25) is 9.59 Å². The van der Waals surface area contributed by atoms with Crippen molar-refractivity contribution < 1.29 is 9.59 Å². The summed E-state index contributed by atoms with van der Waals surface area (Å²) >= 11 is 6.36. The van der Waals surface area contributed by atoms with E-state index in [-0.39, 0.29) is 24.3 Å². The van der Waals surface area contributed by atoms with Crippen LogP contribution in [-0.2, 0) is 29.0 Å². The third kappa shape index (κ3) is 6.98. The van der Waals surface area contributed by atoms with Crippen molar-refractivity contribution in [1.82, 2.24) is 10.2 Å². The van der Waals surface area contributed by atoms with Gasteiger partial charge in [0.15, 0.2) is 0 Å². The number of nitrogens with one attached hydrogen (secondary N) is 1. The van der Waals surface area contributed by atoms with Crippen LogP contribution in [0.5, 0.6) is 0 Å². The minimum Gasteiger partial charge on any atom is -0.352 e. The van der Waals surface area contributed by atoms with Crippen LogP contribution < -0.4 is 5.32 Å².